The third-order valence-electron chi connectivity index (χ3n) is 4.11. The molecule has 110 valence electrons. The third kappa shape index (κ3) is 3.22. The molecule has 1 aromatic rings. The zero-order chi connectivity index (χ0) is 14.2. The van der Waals surface area contributed by atoms with Crippen LogP contribution < -0.4 is 5.73 Å². The summed E-state index contributed by atoms with van der Waals surface area (Å²) >= 11 is 0. The second-order valence-corrected chi connectivity index (χ2v) is 7.99. The van der Waals surface area contributed by atoms with Gasteiger partial charge in [-0.15, -0.1) is 0 Å². The van der Waals surface area contributed by atoms with Crippen LogP contribution in [0.4, 0.5) is 0 Å². The maximum Gasteiger partial charge on any atom is 0.243 e. The van der Waals surface area contributed by atoms with Gasteiger partial charge in [0.05, 0.1) is 4.90 Å². The highest BCUT2D eigenvalue weighted by Crippen LogP contribution is 2.35. The number of rotatable bonds is 7. The SMILES string of the molecule is NCc1ccc(S(=O)(=O)N(CC2CC2)CC2CC2)cc1. The zero-order valence-electron chi connectivity index (χ0n) is 11.7. The lowest BCUT2D eigenvalue weighted by molar-refractivity contribution is 0.382. The summed E-state index contributed by atoms with van der Waals surface area (Å²) in [6.07, 6.45) is 4.68. The number of hydrogen-bond acceptors (Lipinski definition) is 3. The van der Waals surface area contributed by atoms with Crippen molar-refractivity contribution < 1.29 is 8.42 Å². The smallest absolute Gasteiger partial charge is 0.243 e. The van der Waals surface area contributed by atoms with Gasteiger partial charge in [-0.2, -0.15) is 4.31 Å². The molecule has 0 amide bonds. The van der Waals surface area contributed by atoms with Crippen LogP contribution >= 0.6 is 0 Å². The quantitative estimate of drug-likeness (QED) is 0.836. The van der Waals surface area contributed by atoms with E-state index in [1.165, 1.54) is 25.7 Å². The highest BCUT2D eigenvalue weighted by atomic mass is 32.2. The van der Waals surface area contributed by atoms with Crippen LogP contribution in [-0.4, -0.2) is 25.8 Å². The summed E-state index contributed by atoms with van der Waals surface area (Å²) in [5, 5.41) is 0. The van der Waals surface area contributed by atoms with Crippen molar-refractivity contribution in [1.82, 2.24) is 4.31 Å². The van der Waals surface area contributed by atoms with Gasteiger partial charge >= 0.3 is 0 Å². The fourth-order valence-corrected chi connectivity index (χ4v) is 3.99. The van der Waals surface area contributed by atoms with Crippen molar-refractivity contribution in [2.24, 2.45) is 17.6 Å². The van der Waals surface area contributed by atoms with Crippen molar-refractivity contribution in [1.29, 1.82) is 0 Å². The third-order valence-corrected chi connectivity index (χ3v) is 5.96. The second kappa shape index (κ2) is 5.47. The standard InChI is InChI=1S/C15H22N2O2S/c16-9-12-5-7-15(8-6-12)20(18,19)17(10-13-1-2-13)11-14-3-4-14/h5-8,13-14H,1-4,9-11,16H2. The predicted octanol–water partition coefficient (Wildman–Crippen LogP) is 1.96. The van der Waals surface area contributed by atoms with Gasteiger partial charge in [0.2, 0.25) is 10.0 Å². The van der Waals surface area contributed by atoms with Crippen LogP contribution in [0.15, 0.2) is 29.2 Å². The Morgan fingerprint density at radius 1 is 1.00 bits per heavy atom. The van der Waals surface area contributed by atoms with E-state index in [2.05, 4.69) is 0 Å². The summed E-state index contributed by atoms with van der Waals surface area (Å²) in [6, 6.07) is 6.98. The van der Waals surface area contributed by atoms with E-state index in [4.69, 9.17) is 5.73 Å². The molecule has 0 unspecified atom stereocenters. The Kier molecular flexibility index (Phi) is 3.84. The van der Waals surface area contributed by atoms with Crippen LogP contribution in [0, 0.1) is 11.8 Å². The molecule has 0 aromatic heterocycles. The van der Waals surface area contributed by atoms with Crippen LogP contribution in [0.5, 0.6) is 0 Å². The number of sulfonamides is 1. The minimum Gasteiger partial charge on any atom is -0.326 e. The number of nitrogens with zero attached hydrogens (tertiary/aromatic N) is 1. The maximum atomic E-state index is 12.8. The van der Waals surface area contributed by atoms with E-state index in [9.17, 15) is 8.42 Å². The molecule has 4 nitrogen and oxygen atoms in total. The first-order valence-electron chi connectivity index (χ1n) is 7.39. The Morgan fingerprint density at radius 2 is 1.50 bits per heavy atom. The molecular weight excluding hydrogens is 272 g/mol. The minimum atomic E-state index is -3.34. The molecule has 0 atom stereocenters. The van der Waals surface area contributed by atoms with Crippen molar-refractivity contribution in [3.05, 3.63) is 29.8 Å². The first kappa shape index (κ1) is 14.0. The summed E-state index contributed by atoms with van der Waals surface area (Å²) in [4.78, 5) is 0.399. The lowest BCUT2D eigenvalue weighted by atomic mass is 10.2. The zero-order valence-corrected chi connectivity index (χ0v) is 12.5. The van der Waals surface area contributed by atoms with Crippen molar-refractivity contribution in [3.8, 4) is 0 Å². The largest absolute Gasteiger partial charge is 0.326 e. The molecule has 2 fully saturated rings. The Balaban J connectivity index is 1.81. The summed E-state index contributed by atoms with van der Waals surface area (Å²) in [6.45, 7) is 1.82. The average molecular weight is 294 g/mol. The molecule has 0 heterocycles. The molecule has 2 aliphatic carbocycles. The van der Waals surface area contributed by atoms with Crippen LogP contribution in [0.3, 0.4) is 0 Å². The minimum absolute atomic E-state index is 0.399. The van der Waals surface area contributed by atoms with Gasteiger partial charge < -0.3 is 5.73 Å². The van der Waals surface area contributed by atoms with E-state index in [1.807, 2.05) is 0 Å². The molecule has 2 aliphatic rings. The molecule has 2 saturated carbocycles. The highest BCUT2D eigenvalue weighted by molar-refractivity contribution is 7.89. The molecule has 20 heavy (non-hydrogen) atoms. The summed E-state index contributed by atoms with van der Waals surface area (Å²) in [5.41, 5.74) is 6.52. The van der Waals surface area contributed by atoms with E-state index in [0.717, 1.165) is 5.56 Å². The molecule has 0 aliphatic heterocycles. The Morgan fingerprint density at radius 3 is 1.90 bits per heavy atom. The number of benzene rings is 1. The monoisotopic (exact) mass is 294 g/mol. The topological polar surface area (TPSA) is 63.4 Å². The molecular formula is C15H22N2O2S. The molecule has 3 rings (SSSR count). The summed E-state index contributed by atoms with van der Waals surface area (Å²) in [7, 11) is -3.34. The Bertz CT molecular complexity index is 546. The Labute approximate surface area is 121 Å². The molecule has 2 N–H and O–H groups in total. The normalized spacial score (nSPS) is 19.5. The first-order chi connectivity index (χ1) is 9.59. The van der Waals surface area contributed by atoms with Crippen molar-refractivity contribution in [2.75, 3.05) is 13.1 Å². The van der Waals surface area contributed by atoms with Gasteiger partial charge in [0, 0.05) is 19.6 Å². The van der Waals surface area contributed by atoms with Gasteiger partial charge in [0.1, 0.15) is 0 Å². The first-order valence-corrected chi connectivity index (χ1v) is 8.83. The average Bonchev–Trinajstić information content (AvgIpc) is 3.33. The lowest BCUT2D eigenvalue weighted by Gasteiger charge is -2.22. The maximum absolute atomic E-state index is 12.8. The molecule has 0 spiro atoms. The number of nitrogens with two attached hydrogens (primary N) is 1. The van der Waals surface area contributed by atoms with Crippen LogP contribution in [0.25, 0.3) is 0 Å². The van der Waals surface area contributed by atoms with Crippen LogP contribution in [0.2, 0.25) is 0 Å². The van der Waals surface area contributed by atoms with Gasteiger partial charge in [-0.3, -0.25) is 0 Å². The van der Waals surface area contributed by atoms with E-state index >= 15 is 0 Å². The van der Waals surface area contributed by atoms with Crippen molar-refractivity contribution >= 4 is 10.0 Å². The Hall–Kier alpha value is -0.910. The molecule has 0 bridgehead atoms. The number of hydrogen-bond donors (Lipinski definition) is 1. The molecule has 1 aromatic carbocycles. The van der Waals surface area contributed by atoms with E-state index in [1.54, 1.807) is 28.6 Å². The summed E-state index contributed by atoms with van der Waals surface area (Å²) < 4.78 is 27.2. The van der Waals surface area contributed by atoms with E-state index in [0.29, 0.717) is 36.4 Å². The fourth-order valence-electron chi connectivity index (χ4n) is 2.39. The van der Waals surface area contributed by atoms with Crippen molar-refractivity contribution in [2.45, 2.75) is 37.1 Å². The molecule has 5 heteroatoms. The van der Waals surface area contributed by atoms with Gasteiger partial charge in [-0.05, 0) is 55.2 Å². The second-order valence-electron chi connectivity index (χ2n) is 6.06. The van der Waals surface area contributed by atoms with Gasteiger partial charge in [-0.1, -0.05) is 12.1 Å². The lowest BCUT2D eigenvalue weighted by Crippen LogP contribution is -2.34. The van der Waals surface area contributed by atoms with Gasteiger partial charge in [0.15, 0.2) is 0 Å². The van der Waals surface area contributed by atoms with Gasteiger partial charge in [0.25, 0.3) is 0 Å². The highest BCUT2D eigenvalue weighted by Gasteiger charge is 2.35. The molecule has 0 saturated heterocycles. The van der Waals surface area contributed by atoms with E-state index in [-0.39, 0.29) is 0 Å². The predicted molar refractivity (Wildman–Crippen MR) is 78.5 cm³/mol. The van der Waals surface area contributed by atoms with E-state index < -0.39 is 10.0 Å². The van der Waals surface area contributed by atoms with Crippen LogP contribution in [-0.2, 0) is 16.6 Å². The molecule has 0 radical (unpaired) electrons. The van der Waals surface area contributed by atoms with Crippen LogP contribution in [0.1, 0.15) is 31.2 Å². The summed E-state index contributed by atoms with van der Waals surface area (Å²) in [5.74, 6) is 1.15. The fraction of sp³-hybridized carbons (Fsp3) is 0.600. The van der Waals surface area contributed by atoms with Crippen molar-refractivity contribution in [3.63, 3.8) is 0 Å². The van der Waals surface area contributed by atoms with Gasteiger partial charge in [-0.25, -0.2) is 8.42 Å².